The van der Waals surface area contributed by atoms with Gasteiger partial charge in [0.05, 0.1) is 25.4 Å². The van der Waals surface area contributed by atoms with E-state index >= 15 is 0 Å². The number of hydrogen-bond donors (Lipinski definition) is 4. The number of aliphatic hydroxyl groups excluding tert-OH is 1. The Morgan fingerprint density at radius 2 is 1.02 bits per heavy atom. The highest BCUT2D eigenvalue weighted by Gasteiger charge is 2.26. The van der Waals surface area contributed by atoms with Crippen molar-refractivity contribution < 1.29 is 28.4 Å². The van der Waals surface area contributed by atoms with Crippen molar-refractivity contribution in [1.29, 1.82) is 0 Å². The van der Waals surface area contributed by atoms with Gasteiger partial charge in [-0.15, -0.1) is 0 Å². The summed E-state index contributed by atoms with van der Waals surface area (Å²) in [6.45, 7) is 4.02. The van der Waals surface area contributed by atoms with E-state index in [2.05, 4.69) is 67.8 Å². The lowest BCUT2D eigenvalue weighted by Crippen LogP contribution is -2.45. The fraction of sp³-hybridized carbons (Fsp3) is 0.771. The number of allylic oxidation sites excluding steroid dienone is 9. The normalized spacial score (nSPS) is 14.5. The minimum atomic E-state index is -4.35. The van der Waals surface area contributed by atoms with E-state index in [0.29, 0.717) is 6.42 Å². The van der Waals surface area contributed by atoms with E-state index in [-0.39, 0.29) is 25.7 Å². The number of aliphatic hydroxyl groups is 1. The Morgan fingerprint density at radius 3 is 1.49 bits per heavy atom. The smallest absolute Gasteiger partial charge is 0.387 e. The second-order valence-electron chi connectivity index (χ2n) is 15.6. The Labute approximate surface area is 351 Å². The van der Waals surface area contributed by atoms with E-state index in [1.54, 1.807) is 6.08 Å². The lowest BCUT2D eigenvalue weighted by molar-refractivity contribution is -0.123. The Bertz CT molecular complexity index is 1080. The number of carbonyl (C=O) groups is 1. The van der Waals surface area contributed by atoms with Gasteiger partial charge in [0.15, 0.2) is 0 Å². The maximum absolute atomic E-state index is 12.8. The molecule has 0 saturated heterocycles. The fourth-order valence-electron chi connectivity index (χ4n) is 6.59. The molecule has 57 heavy (non-hydrogen) atoms. The van der Waals surface area contributed by atoms with Crippen molar-refractivity contribution >= 4 is 13.7 Å². The van der Waals surface area contributed by atoms with E-state index in [9.17, 15) is 19.4 Å². The molecule has 0 aliphatic rings. The summed E-state index contributed by atoms with van der Waals surface area (Å²) in [5.74, 6) is -0.204. The van der Waals surface area contributed by atoms with Gasteiger partial charge in [-0.25, -0.2) is 4.57 Å². The van der Waals surface area contributed by atoms with Crippen LogP contribution in [0.4, 0.5) is 0 Å². The molecule has 5 N–H and O–H groups in total. The molecule has 0 heterocycles. The Kier molecular flexibility index (Phi) is 42.4. The molecule has 0 spiro atoms. The van der Waals surface area contributed by atoms with Crippen molar-refractivity contribution in [2.45, 2.75) is 219 Å². The van der Waals surface area contributed by atoms with Gasteiger partial charge >= 0.3 is 7.82 Å². The Hall–Kier alpha value is -1.80. The van der Waals surface area contributed by atoms with Gasteiger partial charge in [0.2, 0.25) is 5.91 Å². The zero-order valence-electron chi connectivity index (χ0n) is 36.8. The third-order valence-corrected chi connectivity index (χ3v) is 11.1. The van der Waals surface area contributed by atoms with Crippen molar-refractivity contribution in [3.8, 4) is 0 Å². The van der Waals surface area contributed by atoms with Crippen LogP contribution in [-0.2, 0) is 18.4 Å². The van der Waals surface area contributed by atoms with Crippen molar-refractivity contribution in [2.75, 3.05) is 19.8 Å². The van der Waals surface area contributed by atoms with Gasteiger partial charge in [0.1, 0.15) is 0 Å². The standard InChI is InChI=1S/C48H89N2O6P/c1-3-5-7-9-11-13-15-17-19-21-22-23-24-26-28-30-32-34-36-38-40-42-48(52)50-46(45-56-57(53,54)55-44-43-49)47(51)41-39-37-35-33-31-29-27-25-20-18-16-14-12-10-8-6-4-2/h5,7,11,13,17,19,22-23,39,41,46-47,51H,3-4,6,8-10,12,14-16,18,20-21,24-38,40,42-45,49H2,1-2H3,(H,50,52)(H,53,54)/b7-5-,13-11-,19-17-,23-22-,41-39+. The molecule has 0 radical (unpaired) electrons. The predicted octanol–water partition coefficient (Wildman–Crippen LogP) is 13.4. The van der Waals surface area contributed by atoms with Crippen molar-refractivity contribution in [1.82, 2.24) is 5.32 Å². The van der Waals surface area contributed by atoms with Gasteiger partial charge in [-0.05, 0) is 57.8 Å². The largest absolute Gasteiger partial charge is 0.472 e. The number of rotatable bonds is 43. The van der Waals surface area contributed by atoms with E-state index in [0.717, 1.165) is 70.6 Å². The topological polar surface area (TPSA) is 131 Å². The number of nitrogens with one attached hydrogen (secondary N) is 1. The molecule has 0 aromatic carbocycles. The Morgan fingerprint density at radius 1 is 0.596 bits per heavy atom. The molecular weight excluding hydrogens is 732 g/mol. The highest BCUT2D eigenvalue weighted by molar-refractivity contribution is 7.47. The second kappa shape index (κ2) is 43.8. The molecule has 0 rings (SSSR count). The number of nitrogens with two attached hydrogens (primary N) is 1. The van der Waals surface area contributed by atoms with Crippen LogP contribution in [-0.4, -0.2) is 47.8 Å². The molecule has 0 fully saturated rings. The molecular formula is C48H89N2O6P. The monoisotopic (exact) mass is 821 g/mol. The van der Waals surface area contributed by atoms with E-state index in [1.807, 2.05) is 6.08 Å². The van der Waals surface area contributed by atoms with Gasteiger partial charge in [-0.1, -0.05) is 203 Å². The van der Waals surface area contributed by atoms with Crippen LogP contribution in [0.2, 0.25) is 0 Å². The van der Waals surface area contributed by atoms with Crippen LogP contribution < -0.4 is 11.1 Å². The van der Waals surface area contributed by atoms with Crippen molar-refractivity contribution in [2.24, 2.45) is 5.73 Å². The van der Waals surface area contributed by atoms with Crippen LogP contribution in [0.15, 0.2) is 60.8 Å². The maximum atomic E-state index is 12.8. The highest BCUT2D eigenvalue weighted by atomic mass is 31.2. The lowest BCUT2D eigenvalue weighted by Gasteiger charge is -2.23. The molecule has 0 bridgehead atoms. The second-order valence-corrected chi connectivity index (χ2v) is 17.0. The predicted molar refractivity (Wildman–Crippen MR) is 244 cm³/mol. The molecule has 8 nitrogen and oxygen atoms in total. The van der Waals surface area contributed by atoms with E-state index < -0.39 is 20.0 Å². The summed E-state index contributed by atoms with van der Waals surface area (Å²) in [7, 11) is -4.35. The molecule has 332 valence electrons. The Balaban J connectivity index is 4.19. The molecule has 3 unspecified atom stereocenters. The molecule has 3 atom stereocenters. The van der Waals surface area contributed by atoms with Gasteiger partial charge in [-0.2, -0.15) is 0 Å². The zero-order chi connectivity index (χ0) is 41.8. The maximum Gasteiger partial charge on any atom is 0.472 e. The number of phosphoric ester groups is 1. The molecule has 0 aliphatic carbocycles. The summed E-state index contributed by atoms with van der Waals surface area (Å²) < 4.78 is 22.2. The third kappa shape index (κ3) is 42.1. The summed E-state index contributed by atoms with van der Waals surface area (Å²) in [6, 6.07) is -0.867. The lowest BCUT2D eigenvalue weighted by atomic mass is 10.0. The first-order chi connectivity index (χ1) is 27.9. The molecule has 1 amide bonds. The van der Waals surface area contributed by atoms with Crippen LogP contribution in [0, 0.1) is 0 Å². The van der Waals surface area contributed by atoms with Gasteiger partial charge in [-0.3, -0.25) is 13.8 Å². The number of phosphoric acid groups is 1. The molecule has 0 saturated carbocycles. The summed E-state index contributed by atoms with van der Waals surface area (Å²) in [5.41, 5.74) is 5.38. The van der Waals surface area contributed by atoms with E-state index in [1.165, 1.54) is 116 Å². The van der Waals surface area contributed by atoms with Crippen LogP contribution in [0.1, 0.15) is 206 Å². The minimum Gasteiger partial charge on any atom is -0.387 e. The number of amides is 1. The molecule has 9 heteroatoms. The van der Waals surface area contributed by atoms with E-state index in [4.69, 9.17) is 14.8 Å². The number of carbonyl (C=O) groups excluding carboxylic acids is 1. The van der Waals surface area contributed by atoms with Gasteiger partial charge < -0.3 is 21.1 Å². The highest BCUT2D eigenvalue weighted by Crippen LogP contribution is 2.43. The average Bonchev–Trinajstić information content (AvgIpc) is 3.20. The molecule has 0 aromatic rings. The van der Waals surface area contributed by atoms with Crippen LogP contribution in [0.25, 0.3) is 0 Å². The average molecular weight is 821 g/mol. The van der Waals surface area contributed by atoms with Crippen molar-refractivity contribution in [3.05, 3.63) is 60.8 Å². The first-order valence-electron chi connectivity index (χ1n) is 23.4. The van der Waals surface area contributed by atoms with Crippen LogP contribution >= 0.6 is 7.82 Å². The SMILES string of the molecule is CC/C=C\C/C=C\C/C=C\C/C=C\CCCCCCCCCCC(=O)NC(COP(=O)(O)OCCN)C(O)/C=C/CCCCCCCCCCCCCCCCC. The first kappa shape index (κ1) is 55.2. The summed E-state index contributed by atoms with van der Waals surface area (Å²) in [4.78, 5) is 22.8. The first-order valence-corrected chi connectivity index (χ1v) is 24.9. The van der Waals surface area contributed by atoms with Gasteiger partial charge in [0, 0.05) is 13.0 Å². The third-order valence-electron chi connectivity index (χ3n) is 10.1. The number of unbranched alkanes of at least 4 members (excludes halogenated alkanes) is 23. The summed E-state index contributed by atoms with van der Waals surface area (Å²) >= 11 is 0. The quantitative estimate of drug-likeness (QED) is 0.0274. The molecule has 0 aliphatic heterocycles. The molecule has 0 aromatic heterocycles. The number of hydrogen-bond acceptors (Lipinski definition) is 6. The fourth-order valence-corrected chi connectivity index (χ4v) is 7.35. The minimum absolute atomic E-state index is 0.0748. The summed E-state index contributed by atoms with van der Waals surface area (Å²) in [5, 5.41) is 13.7. The zero-order valence-corrected chi connectivity index (χ0v) is 37.7. The van der Waals surface area contributed by atoms with Gasteiger partial charge in [0.25, 0.3) is 0 Å². The summed E-state index contributed by atoms with van der Waals surface area (Å²) in [6.07, 6.45) is 55.5. The van der Waals surface area contributed by atoms with Crippen LogP contribution in [0.3, 0.4) is 0 Å². The van der Waals surface area contributed by atoms with Crippen molar-refractivity contribution in [3.63, 3.8) is 0 Å². The van der Waals surface area contributed by atoms with Crippen LogP contribution in [0.5, 0.6) is 0 Å².